The number of anilines is 2. The SMILES string of the molecule is COc1ccc(-c2oc3ccccc3c(=O)c2OCCCCCCOc2cc(N)ccc2N)cc1. The summed E-state index contributed by atoms with van der Waals surface area (Å²) in [5.74, 6) is 1.99. The third-order valence-corrected chi connectivity index (χ3v) is 5.69. The lowest BCUT2D eigenvalue weighted by atomic mass is 10.1. The van der Waals surface area contributed by atoms with Crippen molar-refractivity contribution in [3.05, 3.63) is 77.0 Å². The molecule has 0 saturated heterocycles. The highest BCUT2D eigenvalue weighted by Crippen LogP contribution is 2.32. The van der Waals surface area contributed by atoms with Crippen molar-refractivity contribution in [1.29, 1.82) is 0 Å². The standard InChI is InChI=1S/C28H30N2O5/c1-32-21-13-10-19(11-14-21)27-28(26(31)22-8-4-5-9-24(22)35-27)34-17-7-3-2-6-16-33-25-18-20(29)12-15-23(25)30/h4-5,8-15,18H,2-3,6-7,16-17,29-30H2,1H3. The van der Waals surface area contributed by atoms with Gasteiger partial charge < -0.3 is 30.1 Å². The molecule has 0 bridgehead atoms. The highest BCUT2D eigenvalue weighted by atomic mass is 16.5. The van der Waals surface area contributed by atoms with Gasteiger partial charge in [0.05, 0.1) is 31.4 Å². The maximum atomic E-state index is 13.2. The van der Waals surface area contributed by atoms with Crippen LogP contribution in [0.25, 0.3) is 22.3 Å². The van der Waals surface area contributed by atoms with E-state index in [2.05, 4.69) is 0 Å². The quantitative estimate of drug-likeness (QED) is 0.213. The van der Waals surface area contributed by atoms with Crippen LogP contribution in [0.4, 0.5) is 11.4 Å². The van der Waals surface area contributed by atoms with E-state index in [9.17, 15) is 4.79 Å². The maximum absolute atomic E-state index is 13.2. The van der Waals surface area contributed by atoms with E-state index >= 15 is 0 Å². The predicted octanol–water partition coefficient (Wildman–Crippen LogP) is 5.65. The molecule has 35 heavy (non-hydrogen) atoms. The Balaban J connectivity index is 1.35. The molecule has 7 heteroatoms. The fourth-order valence-corrected chi connectivity index (χ4v) is 3.78. The van der Waals surface area contributed by atoms with E-state index in [4.69, 9.17) is 30.1 Å². The molecule has 0 fully saturated rings. The lowest BCUT2D eigenvalue weighted by molar-refractivity contribution is 0.284. The Bertz CT molecular complexity index is 1330. The Morgan fingerprint density at radius 1 is 0.829 bits per heavy atom. The highest BCUT2D eigenvalue weighted by Gasteiger charge is 2.17. The molecule has 1 heterocycles. The molecule has 7 nitrogen and oxygen atoms in total. The summed E-state index contributed by atoms with van der Waals surface area (Å²) < 4.78 is 23.1. The van der Waals surface area contributed by atoms with E-state index < -0.39 is 0 Å². The fraction of sp³-hybridized carbons (Fsp3) is 0.250. The number of unbranched alkanes of at least 4 members (excludes halogenated alkanes) is 3. The molecule has 0 radical (unpaired) electrons. The van der Waals surface area contributed by atoms with Crippen LogP contribution in [0.5, 0.6) is 17.2 Å². The van der Waals surface area contributed by atoms with Crippen LogP contribution in [0.2, 0.25) is 0 Å². The van der Waals surface area contributed by atoms with Gasteiger partial charge in [0.15, 0.2) is 5.76 Å². The molecular formula is C28H30N2O5. The number of fused-ring (bicyclic) bond motifs is 1. The fourth-order valence-electron chi connectivity index (χ4n) is 3.78. The zero-order chi connectivity index (χ0) is 24.6. The molecule has 0 amide bonds. The monoisotopic (exact) mass is 474 g/mol. The summed E-state index contributed by atoms with van der Waals surface area (Å²) in [4.78, 5) is 13.2. The normalized spacial score (nSPS) is 10.9. The van der Waals surface area contributed by atoms with Crippen molar-refractivity contribution in [3.8, 4) is 28.6 Å². The van der Waals surface area contributed by atoms with Crippen LogP contribution in [-0.2, 0) is 0 Å². The number of nitrogens with two attached hydrogens (primary N) is 2. The first kappa shape index (κ1) is 24.0. The summed E-state index contributed by atoms with van der Waals surface area (Å²) in [6.07, 6.45) is 3.58. The average molecular weight is 475 g/mol. The summed E-state index contributed by atoms with van der Waals surface area (Å²) in [7, 11) is 1.61. The number of hydrogen-bond donors (Lipinski definition) is 2. The molecule has 4 aromatic rings. The van der Waals surface area contributed by atoms with Gasteiger partial charge in [0.2, 0.25) is 11.2 Å². The Morgan fingerprint density at radius 3 is 2.29 bits per heavy atom. The predicted molar refractivity (Wildman–Crippen MR) is 139 cm³/mol. The first-order valence-electron chi connectivity index (χ1n) is 11.7. The van der Waals surface area contributed by atoms with Crippen LogP contribution in [0.15, 0.2) is 75.9 Å². The number of ether oxygens (including phenoxy) is 3. The largest absolute Gasteiger partial charge is 0.497 e. The summed E-state index contributed by atoms with van der Waals surface area (Å²) in [6, 6.07) is 19.8. The maximum Gasteiger partial charge on any atom is 0.235 e. The van der Waals surface area contributed by atoms with Crippen LogP contribution in [0, 0.1) is 0 Å². The van der Waals surface area contributed by atoms with Crippen molar-refractivity contribution in [2.75, 3.05) is 31.8 Å². The molecular weight excluding hydrogens is 444 g/mol. The van der Waals surface area contributed by atoms with Crippen LogP contribution < -0.4 is 31.1 Å². The average Bonchev–Trinajstić information content (AvgIpc) is 2.88. The number of nitrogen functional groups attached to an aromatic ring is 2. The first-order chi connectivity index (χ1) is 17.1. The lowest BCUT2D eigenvalue weighted by Crippen LogP contribution is -2.11. The van der Waals surface area contributed by atoms with Crippen LogP contribution in [-0.4, -0.2) is 20.3 Å². The summed E-state index contributed by atoms with van der Waals surface area (Å²) in [5, 5.41) is 0.498. The summed E-state index contributed by atoms with van der Waals surface area (Å²) in [6.45, 7) is 0.972. The second kappa shape index (κ2) is 11.3. The van der Waals surface area contributed by atoms with E-state index in [0.717, 1.165) is 37.0 Å². The van der Waals surface area contributed by atoms with Gasteiger partial charge in [-0.05, 0) is 74.2 Å². The molecule has 0 aliphatic rings. The molecule has 3 aromatic carbocycles. The lowest BCUT2D eigenvalue weighted by Gasteiger charge is -2.12. The minimum Gasteiger partial charge on any atom is -0.497 e. The number of methoxy groups -OCH3 is 1. The van der Waals surface area contributed by atoms with E-state index in [0.29, 0.717) is 47.1 Å². The van der Waals surface area contributed by atoms with Gasteiger partial charge in [-0.15, -0.1) is 0 Å². The molecule has 4 rings (SSSR count). The van der Waals surface area contributed by atoms with Crippen molar-refractivity contribution in [3.63, 3.8) is 0 Å². The highest BCUT2D eigenvalue weighted by molar-refractivity contribution is 5.82. The Hall–Kier alpha value is -4.13. The molecule has 0 spiro atoms. The second-order valence-electron chi connectivity index (χ2n) is 8.22. The second-order valence-corrected chi connectivity index (χ2v) is 8.22. The van der Waals surface area contributed by atoms with Gasteiger partial charge in [0, 0.05) is 17.3 Å². The number of benzene rings is 3. The van der Waals surface area contributed by atoms with Gasteiger partial charge in [-0.3, -0.25) is 4.79 Å². The minimum atomic E-state index is -0.175. The summed E-state index contributed by atoms with van der Waals surface area (Å²) >= 11 is 0. The van der Waals surface area contributed by atoms with Crippen molar-refractivity contribution >= 4 is 22.3 Å². The van der Waals surface area contributed by atoms with Crippen LogP contribution in [0.1, 0.15) is 25.7 Å². The Kier molecular flexibility index (Phi) is 7.77. The smallest absolute Gasteiger partial charge is 0.235 e. The van der Waals surface area contributed by atoms with Gasteiger partial charge in [0.1, 0.15) is 17.1 Å². The number of para-hydroxylation sites is 1. The van der Waals surface area contributed by atoms with E-state index in [-0.39, 0.29) is 11.2 Å². The van der Waals surface area contributed by atoms with Crippen molar-refractivity contribution < 1.29 is 18.6 Å². The zero-order valence-corrected chi connectivity index (χ0v) is 19.8. The molecule has 1 aromatic heterocycles. The zero-order valence-electron chi connectivity index (χ0n) is 19.8. The molecule has 0 unspecified atom stereocenters. The van der Waals surface area contributed by atoms with Gasteiger partial charge >= 0.3 is 0 Å². The molecule has 0 aliphatic carbocycles. The third-order valence-electron chi connectivity index (χ3n) is 5.69. The van der Waals surface area contributed by atoms with E-state index in [1.807, 2.05) is 36.4 Å². The van der Waals surface area contributed by atoms with Crippen LogP contribution >= 0.6 is 0 Å². The topological polar surface area (TPSA) is 110 Å². The number of hydrogen-bond acceptors (Lipinski definition) is 7. The third kappa shape index (κ3) is 5.87. The van der Waals surface area contributed by atoms with Gasteiger partial charge in [-0.25, -0.2) is 0 Å². The van der Waals surface area contributed by atoms with Crippen molar-refractivity contribution in [1.82, 2.24) is 0 Å². The Morgan fingerprint density at radius 2 is 1.54 bits per heavy atom. The van der Waals surface area contributed by atoms with E-state index in [1.165, 1.54) is 0 Å². The van der Waals surface area contributed by atoms with Gasteiger partial charge in [0.25, 0.3) is 0 Å². The minimum absolute atomic E-state index is 0.175. The number of rotatable bonds is 11. The summed E-state index contributed by atoms with van der Waals surface area (Å²) in [5.41, 5.74) is 14.0. The van der Waals surface area contributed by atoms with Crippen molar-refractivity contribution in [2.24, 2.45) is 0 Å². The molecule has 0 saturated carbocycles. The van der Waals surface area contributed by atoms with Gasteiger partial charge in [-0.2, -0.15) is 0 Å². The molecule has 0 aliphatic heterocycles. The first-order valence-corrected chi connectivity index (χ1v) is 11.7. The van der Waals surface area contributed by atoms with Crippen molar-refractivity contribution in [2.45, 2.75) is 25.7 Å². The van der Waals surface area contributed by atoms with Gasteiger partial charge in [-0.1, -0.05) is 12.1 Å². The molecule has 4 N–H and O–H groups in total. The van der Waals surface area contributed by atoms with E-state index in [1.54, 1.807) is 37.4 Å². The molecule has 182 valence electrons. The Labute approximate surface area is 204 Å². The van der Waals surface area contributed by atoms with Crippen LogP contribution in [0.3, 0.4) is 0 Å². The molecule has 0 atom stereocenters.